The monoisotopic (exact) mass is 299 g/mol. The van der Waals surface area contributed by atoms with E-state index >= 15 is 0 Å². The van der Waals surface area contributed by atoms with Crippen molar-refractivity contribution in [2.75, 3.05) is 32.1 Å². The highest BCUT2D eigenvalue weighted by Gasteiger charge is 2.22. The van der Waals surface area contributed by atoms with E-state index in [-0.39, 0.29) is 18.3 Å². The number of piperazine rings is 1. The van der Waals surface area contributed by atoms with Crippen LogP contribution in [-0.4, -0.2) is 60.0 Å². The smallest absolute Gasteiger partial charge is 0.256 e. The molecule has 1 aromatic heterocycles. The van der Waals surface area contributed by atoms with Crippen LogP contribution in [0.25, 0.3) is 0 Å². The molecule has 0 unspecified atom stereocenters. The van der Waals surface area contributed by atoms with Gasteiger partial charge in [-0.3, -0.25) is 4.79 Å². The first kappa shape index (κ1) is 16.7. The van der Waals surface area contributed by atoms with Crippen molar-refractivity contribution in [2.24, 2.45) is 0 Å². The normalized spacial score (nSPS) is 22.1. The van der Waals surface area contributed by atoms with Crippen LogP contribution in [0.1, 0.15) is 24.2 Å². The Labute approximate surface area is 126 Å². The lowest BCUT2D eigenvalue weighted by Gasteiger charge is -2.36. The zero-order chi connectivity index (χ0) is 14.0. The summed E-state index contributed by atoms with van der Waals surface area (Å²) < 4.78 is 0. The number of nitrogens with zero attached hydrogens (tertiary/aromatic N) is 4. The number of hydrogen-bond acceptors (Lipinski definition) is 5. The van der Waals surface area contributed by atoms with Crippen molar-refractivity contribution in [3.63, 3.8) is 0 Å². The van der Waals surface area contributed by atoms with Gasteiger partial charge in [-0.15, -0.1) is 12.4 Å². The van der Waals surface area contributed by atoms with Gasteiger partial charge in [0.05, 0.1) is 5.56 Å². The second-order valence-electron chi connectivity index (χ2n) is 5.35. The van der Waals surface area contributed by atoms with Crippen LogP contribution in [0, 0.1) is 0 Å². The molecule has 2 rings (SSSR count). The molecule has 0 spiro atoms. The average molecular weight is 300 g/mol. The summed E-state index contributed by atoms with van der Waals surface area (Å²) in [5, 5.41) is 3.47. The largest absolute Gasteiger partial charge is 0.345 e. The third kappa shape index (κ3) is 3.80. The van der Waals surface area contributed by atoms with Crippen LogP contribution >= 0.6 is 12.4 Å². The standard InChI is InChI=1S/C13H21N5O.ClH/c1-9-7-18(8-10(2)16-9)13-14-5-11(6-15-13)12(19)17(3)4;/h5-6,9-10,16H,7-8H2,1-4H3;1H/t9-,10+;. The Bertz CT molecular complexity index is 441. The van der Waals surface area contributed by atoms with Crippen molar-refractivity contribution in [2.45, 2.75) is 25.9 Å². The molecule has 6 nitrogen and oxygen atoms in total. The van der Waals surface area contributed by atoms with Crippen molar-refractivity contribution >= 4 is 24.3 Å². The lowest BCUT2D eigenvalue weighted by Crippen LogP contribution is -2.54. The Hall–Kier alpha value is -1.40. The van der Waals surface area contributed by atoms with Gasteiger partial charge >= 0.3 is 0 Å². The minimum absolute atomic E-state index is 0. The Balaban J connectivity index is 0.00000200. The Kier molecular flexibility index (Phi) is 5.71. The minimum atomic E-state index is -0.0754. The third-order valence-electron chi connectivity index (χ3n) is 3.13. The van der Waals surface area contributed by atoms with Crippen molar-refractivity contribution in [1.82, 2.24) is 20.2 Å². The molecule has 0 bridgehead atoms. The van der Waals surface area contributed by atoms with E-state index in [1.54, 1.807) is 26.5 Å². The summed E-state index contributed by atoms with van der Waals surface area (Å²) in [4.78, 5) is 24.1. The van der Waals surface area contributed by atoms with Gasteiger partial charge in [-0.05, 0) is 13.8 Å². The van der Waals surface area contributed by atoms with Gasteiger partial charge in [0.2, 0.25) is 5.95 Å². The number of aromatic nitrogens is 2. The Morgan fingerprint density at radius 2 is 1.75 bits per heavy atom. The molecular weight excluding hydrogens is 278 g/mol. The molecule has 112 valence electrons. The number of nitrogens with one attached hydrogen (secondary N) is 1. The highest BCUT2D eigenvalue weighted by atomic mass is 35.5. The van der Waals surface area contributed by atoms with Gasteiger partial charge in [-0.25, -0.2) is 9.97 Å². The number of anilines is 1. The minimum Gasteiger partial charge on any atom is -0.345 e. The molecule has 2 heterocycles. The zero-order valence-electron chi connectivity index (χ0n) is 12.3. The van der Waals surface area contributed by atoms with E-state index in [1.807, 2.05) is 0 Å². The maximum atomic E-state index is 11.8. The fourth-order valence-corrected chi connectivity index (χ4v) is 2.34. The first-order chi connectivity index (χ1) is 8.97. The van der Waals surface area contributed by atoms with Gasteiger partial charge in [-0.1, -0.05) is 0 Å². The highest BCUT2D eigenvalue weighted by Crippen LogP contribution is 2.12. The topological polar surface area (TPSA) is 61.4 Å². The van der Waals surface area contributed by atoms with E-state index < -0.39 is 0 Å². The molecule has 1 saturated heterocycles. The molecule has 0 aromatic carbocycles. The predicted molar refractivity (Wildman–Crippen MR) is 81.6 cm³/mol. The van der Waals surface area contributed by atoms with Gasteiger partial charge in [0.25, 0.3) is 5.91 Å². The van der Waals surface area contributed by atoms with E-state index in [9.17, 15) is 4.79 Å². The molecule has 1 fully saturated rings. The summed E-state index contributed by atoms with van der Waals surface area (Å²) in [6.45, 7) is 6.05. The van der Waals surface area contributed by atoms with Crippen molar-refractivity contribution in [3.8, 4) is 0 Å². The molecule has 1 N–H and O–H groups in total. The van der Waals surface area contributed by atoms with Gasteiger partial charge in [0.1, 0.15) is 0 Å². The lowest BCUT2D eigenvalue weighted by atomic mass is 10.1. The van der Waals surface area contributed by atoms with Crippen molar-refractivity contribution in [1.29, 1.82) is 0 Å². The Morgan fingerprint density at radius 3 is 2.20 bits per heavy atom. The molecule has 0 saturated carbocycles. The van der Waals surface area contributed by atoms with Crippen LogP contribution < -0.4 is 10.2 Å². The number of amides is 1. The molecule has 1 aromatic rings. The molecule has 1 aliphatic rings. The highest BCUT2D eigenvalue weighted by molar-refractivity contribution is 5.93. The first-order valence-electron chi connectivity index (χ1n) is 6.52. The van der Waals surface area contributed by atoms with E-state index in [0.717, 1.165) is 13.1 Å². The van der Waals surface area contributed by atoms with Gasteiger partial charge in [-0.2, -0.15) is 0 Å². The summed E-state index contributed by atoms with van der Waals surface area (Å²) in [6, 6.07) is 0.825. The molecular formula is C13H22ClN5O. The maximum Gasteiger partial charge on any atom is 0.256 e. The summed E-state index contributed by atoms with van der Waals surface area (Å²) in [5.41, 5.74) is 0.519. The van der Waals surface area contributed by atoms with Crippen LogP contribution in [0.5, 0.6) is 0 Å². The summed E-state index contributed by atoms with van der Waals surface area (Å²) in [6.07, 6.45) is 3.20. The summed E-state index contributed by atoms with van der Waals surface area (Å²) >= 11 is 0. The van der Waals surface area contributed by atoms with Crippen LogP contribution in [-0.2, 0) is 0 Å². The van der Waals surface area contributed by atoms with Crippen molar-refractivity contribution in [3.05, 3.63) is 18.0 Å². The van der Waals surface area contributed by atoms with E-state index in [4.69, 9.17) is 0 Å². The molecule has 1 aliphatic heterocycles. The van der Waals surface area contributed by atoms with E-state index in [0.29, 0.717) is 23.6 Å². The second kappa shape index (κ2) is 6.85. The SMILES string of the molecule is C[C@@H]1CN(c2ncc(C(=O)N(C)C)cn2)C[C@H](C)N1.Cl. The zero-order valence-corrected chi connectivity index (χ0v) is 13.1. The molecule has 2 atom stereocenters. The summed E-state index contributed by atoms with van der Waals surface area (Å²) in [7, 11) is 3.44. The Morgan fingerprint density at radius 1 is 1.25 bits per heavy atom. The fourth-order valence-electron chi connectivity index (χ4n) is 2.34. The van der Waals surface area contributed by atoms with Gasteiger partial charge < -0.3 is 15.1 Å². The molecule has 20 heavy (non-hydrogen) atoms. The van der Waals surface area contributed by atoms with Crippen LogP contribution in [0.2, 0.25) is 0 Å². The van der Waals surface area contributed by atoms with Gasteiger partial charge in [0.15, 0.2) is 0 Å². The second-order valence-corrected chi connectivity index (χ2v) is 5.35. The first-order valence-corrected chi connectivity index (χ1v) is 6.52. The molecule has 7 heteroatoms. The molecule has 0 radical (unpaired) electrons. The van der Waals surface area contributed by atoms with E-state index in [2.05, 4.69) is 34.0 Å². The van der Waals surface area contributed by atoms with Crippen LogP contribution in [0.15, 0.2) is 12.4 Å². The van der Waals surface area contributed by atoms with Crippen LogP contribution in [0.4, 0.5) is 5.95 Å². The van der Waals surface area contributed by atoms with Crippen LogP contribution in [0.3, 0.4) is 0 Å². The number of hydrogen-bond donors (Lipinski definition) is 1. The fraction of sp³-hybridized carbons (Fsp3) is 0.615. The third-order valence-corrected chi connectivity index (χ3v) is 3.13. The quantitative estimate of drug-likeness (QED) is 0.875. The summed E-state index contributed by atoms with van der Waals surface area (Å²) in [5.74, 6) is 0.615. The lowest BCUT2D eigenvalue weighted by molar-refractivity contribution is 0.0827. The number of carbonyl (C=O) groups excluding carboxylic acids is 1. The molecule has 1 amide bonds. The van der Waals surface area contributed by atoms with Gasteiger partial charge in [0, 0.05) is 51.7 Å². The van der Waals surface area contributed by atoms with Crippen molar-refractivity contribution < 1.29 is 4.79 Å². The molecule has 0 aliphatic carbocycles. The number of carbonyl (C=O) groups is 1. The maximum absolute atomic E-state index is 11.8. The van der Waals surface area contributed by atoms with E-state index in [1.165, 1.54) is 4.90 Å². The number of halogens is 1. The number of rotatable bonds is 2. The average Bonchev–Trinajstić information content (AvgIpc) is 2.37. The predicted octanol–water partition coefficient (Wildman–Crippen LogP) is 0.787.